The molecule has 0 atom stereocenters. The molecule has 1 aliphatic heterocycles. The molecule has 0 aromatic heterocycles. The highest BCUT2D eigenvalue weighted by Gasteiger charge is 2.32. The lowest BCUT2D eigenvalue weighted by Gasteiger charge is -2.41. The first-order chi connectivity index (χ1) is 10.6. The minimum Gasteiger partial charge on any atom is -0.389 e. The number of amides is 1. The van der Waals surface area contributed by atoms with Gasteiger partial charge >= 0.3 is 0 Å². The second-order valence-electron chi connectivity index (χ2n) is 6.90. The summed E-state index contributed by atoms with van der Waals surface area (Å²) in [6, 6.07) is 0. The van der Waals surface area contributed by atoms with Crippen LogP contribution in [0.5, 0.6) is 0 Å². The minimum atomic E-state index is -0.461. The first-order valence-corrected chi connectivity index (χ1v) is 9.01. The van der Waals surface area contributed by atoms with Crippen molar-refractivity contribution in [3.05, 3.63) is 0 Å². The lowest BCUT2D eigenvalue weighted by molar-refractivity contribution is -0.132. The zero-order valence-corrected chi connectivity index (χ0v) is 14.4. The SMILES string of the molecule is CCN(CC)C(=O)CN1CCN(CC2(O)CCCCC2)CC1. The third-order valence-corrected chi connectivity index (χ3v) is 5.24. The molecule has 0 aromatic carbocycles. The molecule has 2 aliphatic rings. The maximum atomic E-state index is 12.2. The van der Waals surface area contributed by atoms with Crippen LogP contribution in [-0.4, -0.2) is 83.7 Å². The Morgan fingerprint density at radius 2 is 1.55 bits per heavy atom. The van der Waals surface area contributed by atoms with Gasteiger partial charge in [-0.2, -0.15) is 0 Å². The number of piperazine rings is 1. The second kappa shape index (κ2) is 8.27. The predicted octanol–water partition coefficient (Wildman–Crippen LogP) is 1.17. The Morgan fingerprint density at radius 1 is 1.00 bits per heavy atom. The van der Waals surface area contributed by atoms with Gasteiger partial charge in [0.1, 0.15) is 0 Å². The van der Waals surface area contributed by atoms with Gasteiger partial charge in [-0.1, -0.05) is 19.3 Å². The van der Waals surface area contributed by atoms with Crippen LogP contribution in [-0.2, 0) is 4.79 Å². The summed E-state index contributed by atoms with van der Waals surface area (Å²) in [5, 5.41) is 10.7. The summed E-state index contributed by atoms with van der Waals surface area (Å²) >= 11 is 0. The Balaban J connectivity index is 1.72. The molecule has 0 spiro atoms. The van der Waals surface area contributed by atoms with E-state index in [0.29, 0.717) is 6.54 Å². The van der Waals surface area contributed by atoms with Gasteiger partial charge in [0.25, 0.3) is 0 Å². The van der Waals surface area contributed by atoms with Crippen LogP contribution in [0.4, 0.5) is 0 Å². The normalized spacial score (nSPS) is 23.4. The van der Waals surface area contributed by atoms with Crippen molar-refractivity contribution in [3.63, 3.8) is 0 Å². The molecule has 1 heterocycles. The van der Waals surface area contributed by atoms with E-state index in [0.717, 1.165) is 71.5 Å². The van der Waals surface area contributed by atoms with Crippen molar-refractivity contribution in [1.82, 2.24) is 14.7 Å². The number of carbonyl (C=O) groups excluding carboxylic acids is 1. The minimum absolute atomic E-state index is 0.240. The van der Waals surface area contributed by atoms with E-state index in [1.807, 2.05) is 18.7 Å². The fourth-order valence-electron chi connectivity index (χ4n) is 3.76. The fraction of sp³-hybridized carbons (Fsp3) is 0.941. The van der Waals surface area contributed by atoms with Crippen molar-refractivity contribution in [2.75, 3.05) is 52.4 Å². The van der Waals surface area contributed by atoms with E-state index >= 15 is 0 Å². The van der Waals surface area contributed by atoms with Gasteiger partial charge in [-0.15, -0.1) is 0 Å². The fourth-order valence-corrected chi connectivity index (χ4v) is 3.76. The number of β-amino-alcohol motifs (C(OH)–C–C–N with tert-alkyl or cyclic N) is 1. The highest BCUT2D eigenvalue weighted by molar-refractivity contribution is 5.78. The molecule has 2 rings (SSSR count). The topological polar surface area (TPSA) is 47.0 Å². The van der Waals surface area contributed by atoms with Gasteiger partial charge in [-0.3, -0.25) is 14.6 Å². The first-order valence-electron chi connectivity index (χ1n) is 9.01. The molecule has 0 unspecified atom stereocenters. The van der Waals surface area contributed by atoms with Crippen LogP contribution in [0, 0.1) is 0 Å². The number of nitrogens with zero attached hydrogens (tertiary/aromatic N) is 3. The van der Waals surface area contributed by atoms with Gasteiger partial charge < -0.3 is 10.0 Å². The summed E-state index contributed by atoms with van der Waals surface area (Å²) in [4.78, 5) is 18.7. The molecule has 1 aliphatic carbocycles. The average Bonchev–Trinajstić information content (AvgIpc) is 2.51. The Morgan fingerprint density at radius 3 is 2.09 bits per heavy atom. The zero-order valence-electron chi connectivity index (χ0n) is 14.4. The van der Waals surface area contributed by atoms with Gasteiger partial charge in [-0.05, 0) is 26.7 Å². The maximum Gasteiger partial charge on any atom is 0.236 e. The first kappa shape index (κ1) is 17.7. The summed E-state index contributed by atoms with van der Waals surface area (Å²) in [6.07, 6.45) is 5.49. The van der Waals surface area contributed by atoms with E-state index in [4.69, 9.17) is 0 Å². The molecule has 5 nitrogen and oxygen atoms in total. The van der Waals surface area contributed by atoms with Gasteiger partial charge in [-0.25, -0.2) is 0 Å². The molecule has 1 N–H and O–H groups in total. The largest absolute Gasteiger partial charge is 0.389 e. The summed E-state index contributed by atoms with van der Waals surface area (Å²) in [7, 11) is 0. The number of hydrogen-bond donors (Lipinski definition) is 1. The van der Waals surface area contributed by atoms with Crippen LogP contribution < -0.4 is 0 Å². The van der Waals surface area contributed by atoms with E-state index in [-0.39, 0.29) is 5.91 Å². The van der Waals surface area contributed by atoms with E-state index in [2.05, 4.69) is 9.80 Å². The van der Waals surface area contributed by atoms with E-state index in [9.17, 15) is 9.90 Å². The number of rotatable bonds is 6. The van der Waals surface area contributed by atoms with Crippen LogP contribution >= 0.6 is 0 Å². The van der Waals surface area contributed by atoms with Crippen LogP contribution in [0.15, 0.2) is 0 Å². The van der Waals surface area contributed by atoms with Crippen molar-refractivity contribution < 1.29 is 9.90 Å². The molecule has 22 heavy (non-hydrogen) atoms. The van der Waals surface area contributed by atoms with Crippen molar-refractivity contribution in [2.45, 2.75) is 51.6 Å². The average molecular weight is 311 g/mol. The molecule has 0 aromatic rings. The van der Waals surface area contributed by atoms with Crippen LogP contribution in [0.25, 0.3) is 0 Å². The molecule has 2 fully saturated rings. The molecule has 0 bridgehead atoms. The Bertz CT molecular complexity index is 344. The van der Waals surface area contributed by atoms with Crippen LogP contribution in [0.1, 0.15) is 46.0 Å². The Kier molecular flexibility index (Phi) is 6.66. The van der Waals surface area contributed by atoms with Crippen molar-refractivity contribution in [3.8, 4) is 0 Å². The quantitative estimate of drug-likeness (QED) is 0.800. The molecule has 128 valence electrons. The predicted molar refractivity (Wildman–Crippen MR) is 88.8 cm³/mol. The molecule has 1 amide bonds. The van der Waals surface area contributed by atoms with Gasteiger partial charge in [0.15, 0.2) is 0 Å². The lowest BCUT2D eigenvalue weighted by atomic mass is 9.84. The summed E-state index contributed by atoms with van der Waals surface area (Å²) in [6.45, 7) is 10.8. The number of likely N-dealkylation sites (N-methyl/N-ethyl adjacent to an activating group) is 1. The Labute approximate surface area is 135 Å². The highest BCUT2D eigenvalue weighted by Crippen LogP contribution is 2.29. The molecule has 0 radical (unpaired) electrons. The third-order valence-electron chi connectivity index (χ3n) is 5.24. The number of hydrogen-bond acceptors (Lipinski definition) is 4. The maximum absolute atomic E-state index is 12.2. The van der Waals surface area contributed by atoms with Gasteiger partial charge in [0, 0.05) is 45.8 Å². The zero-order chi connectivity index (χ0) is 16.0. The number of aliphatic hydroxyl groups is 1. The smallest absolute Gasteiger partial charge is 0.236 e. The summed E-state index contributed by atoms with van der Waals surface area (Å²) < 4.78 is 0. The van der Waals surface area contributed by atoms with E-state index in [1.165, 1.54) is 6.42 Å². The molecule has 1 saturated heterocycles. The highest BCUT2D eigenvalue weighted by atomic mass is 16.3. The van der Waals surface area contributed by atoms with Crippen molar-refractivity contribution >= 4 is 5.91 Å². The van der Waals surface area contributed by atoms with Crippen molar-refractivity contribution in [2.24, 2.45) is 0 Å². The van der Waals surface area contributed by atoms with Gasteiger partial charge in [0.2, 0.25) is 5.91 Å². The van der Waals surface area contributed by atoms with Gasteiger partial charge in [0.05, 0.1) is 12.1 Å². The molecule has 1 saturated carbocycles. The van der Waals surface area contributed by atoms with E-state index < -0.39 is 5.60 Å². The van der Waals surface area contributed by atoms with Crippen LogP contribution in [0.2, 0.25) is 0 Å². The molecular formula is C17H33N3O2. The molecular weight excluding hydrogens is 278 g/mol. The standard InChI is InChI=1S/C17H33N3O2/c1-3-20(4-2)16(21)14-18-10-12-19(13-11-18)15-17(22)8-6-5-7-9-17/h22H,3-15H2,1-2H3. The summed E-state index contributed by atoms with van der Waals surface area (Å²) in [5.74, 6) is 0.240. The lowest BCUT2D eigenvalue weighted by Crippen LogP contribution is -2.54. The summed E-state index contributed by atoms with van der Waals surface area (Å²) in [5.41, 5.74) is -0.461. The monoisotopic (exact) mass is 311 g/mol. The van der Waals surface area contributed by atoms with Crippen LogP contribution in [0.3, 0.4) is 0 Å². The number of carbonyl (C=O) groups is 1. The Hall–Kier alpha value is -0.650. The molecule has 5 heteroatoms. The van der Waals surface area contributed by atoms with E-state index in [1.54, 1.807) is 0 Å². The second-order valence-corrected chi connectivity index (χ2v) is 6.90. The van der Waals surface area contributed by atoms with Crippen molar-refractivity contribution in [1.29, 1.82) is 0 Å². The third kappa shape index (κ3) is 4.93.